The first-order valence-electron chi connectivity index (χ1n) is 21.1. The minimum Gasteiger partial charge on any atom is -0.507 e. The molecule has 0 atom stereocenters. The van der Waals surface area contributed by atoms with E-state index in [9.17, 15) is 5.11 Å². The smallest absolute Gasteiger partial charge is 0.122 e. The van der Waals surface area contributed by atoms with E-state index in [2.05, 4.69) is 45.5 Å². The van der Waals surface area contributed by atoms with Crippen molar-refractivity contribution in [2.24, 2.45) is 0 Å². The van der Waals surface area contributed by atoms with Crippen molar-refractivity contribution < 1.29 is 5.11 Å². The van der Waals surface area contributed by atoms with Crippen LogP contribution in [0.25, 0.3) is 0 Å². The summed E-state index contributed by atoms with van der Waals surface area (Å²) in [5.41, 5.74) is 5.71. The summed E-state index contributed by atoms with van der Waals surface area (Å²) in [6, 6.07) is 2.47. The lowest BCUT2D eigenvalue weighted by molar-refractivity contribution is 0.455. The number of unbranched alkanes of at least 4 members (excludes halogenated alkanes) is 25. The molecule has 46 heavy (non-hydrogen) atoms. The molecule has 0 amide bonds. The third-order valence-electron chi connectivity index (χ3n) is 10.2. The molecule has 0 spiro atoms. The first-order valence-corrected chi connectivity index (χ1v) is 22.3. The van der Waals surface area contributed by atoms with Gasteiger partial charge in [0.25, 0.3) is 0 Å². The summed E-state index contributed by atoms with van der Waals surface area (Å²) in [4.78, 5) is 0. The molecule has 270 valence electrons. The average molecular weight is 659 g/mol. The minimum atomic E-state index is 0.682. The van der Waals surface area contributed by atoms with Gasteiger partial charge in [0.05, 0.1) is 0 Å². The Morgan fingerprint density at radius 3 is 1.15 bits per heavy atom. The number of phenols is 1. The molecule has 0 unspecified atom stereocenters. The van der Waals surface area contributed by atoms with Crippen LogP contribution in [-0.4, -0.2) is 10.9 Å². The minimum absolute atomic E-state index is 0.682. The number of thioether (sulfide) groups is 1. The van der Waals surface area contributed by atoms with Crippen molar-refractivity contribution in [3.8, 4) is 5.75 Å². The number of aryl methyl sites for hydroxylation is 2. The van der Waals surface area contributed by atoms with Crippen LogP contribution in [0.15, 0.2) is 6.07 Å². The summed E-state index contributed by atoms with van der Waals surface area (Å²) >= 11 is 2.11. The Hall–Kier alpha value is -0.630. The highest BCUT2D eigenvalue weighted by molar-refractivity contribution is 7.98. The van der Waals surface area contributed by atoms with Gasteiger partial charge in [0.15, 0.2) is 0 Å². The van der Waals surface area contributed by atoms with Crippen LogP contribution in [0.5, 0.6) is 5.75 Å². The van der Waals surface area contributed by atoms with Crippen LogP contribution in [0.2, 0.25) is 0 Å². The largest absolute Gasteiger partial charge is 0.507 e. The van der Waals surface area contributed by atoms with E-state index in [4.69, 9.17) is 0 Å². The lowest BCUT2D eigenvalue weighted by Gasteiger charge is -2.20. The number of hydrogen-bond donors (Lipinski definition) is 1. The van der Waals surface area contributed by atoms with E-state index in [0.29, 0.717) is 5.75 Å². The van der Waals surface area contributed by atoms with E-state index in [0.717, 1.165) is 18.6 Å². The zero-order chi connectivity index (χ0) is 33.3. The molecular formula is C44H82OS. The van der Waals surface area contributed by atoms with Crippen molar-refractivity contribution in [2.45, 2.75) is 239 Å². The molecule has 1 aromatic rings. The fraction of sp³-hybridized carbons (Fsp3) is 0.864. The molecule has 0 aliphatic heterocycles. The molecular weight excluding hydrogens is 577 g/mol. The van der Waals surface area contributed by atoms with E-state index < -0.39 is 0 Å². The first-order chi connectivity index (χ1) is 22.7. The number of rotatable bonds is 35. The molecule has 0 heterocycles. The molecule has 0 aliphatic carbocycles. The summed E-state index contributed by atoms with van der Waals surface area (Å²) in [7, 11) is 0. The average Bonchev–Trinajstić information content (AvgIpc) is 3.06. The van der Waals surface area contributed by atoms with Gasteiger partial charge in [-0.1, -0.05) is 194 Å². The zero-order valence-electron chi connectivity index (χ0n) is 32.0. The fourth-order valence-corrected chi connectivity index (χ4v) is 8.25. The normalized spacial score (nSPS) is 11.6. The number of benzene rings is 1. The van der Waals surface area contributed by atoms with Crippen molar-refractivity contribution in [1.29, 1.82) is 0 Å². The van der Waals surface area contributed by atoms with Gasteiger partial charge in [0.1, 0.15) is 5.75 Å². The molecule has 0 radical (unpaired) electrons. The second kappa shape index (κ2) is 32.9. The highest BCUT2D eigenvalue weighted by Gasteiger charge is 2.18. The SMILES string of the molecule is CCCCCCCCCCCCc1cc(CCCCCCCCC)c(CSCCCC)c(CCCCCCCCCCCC)c1O. The van der Waals surface area contributed by atoms with E-state index in [-0.39, 0.29) is 0 Å². The van der Waals surface area contributed by atoms with Gasteiger partial charge >= 0.3 is 0 Å². The second-order valence-corrected chi connectivity index (χ2v) is 15.7. The topological polar surface area (TPSA) is 20.2 Å². The van der Waals surface area contributed by atoms with Gasteiger partial charge in [-0.15, -0.1) is 0 Å². The van der Waals surface area contributed by atoms with Crippen LogP contribution in [0.4, 0.5) is 0 Å². The number of aromatic hydroxyl groups is 1. The van der Waals surface area contributed by atoms with Gasteiger partial charge < -0.3 is 5.11 Å². The first kappa shape index (κ1) is 43.4. The number of phenolic OH excluding ortho intramolecular Hbond substituents is 1. The lowest BCUT2D eigenvalue weighted by Crippen LogP contribution is -2.05. The molecule has 1 nitrogen and oxygen atoms in total. The Labute approximate surface area is 294 Å². The van der Waals surface area contributed by atoms with Gasteiger partial charge in [-0.05, 0) is 73.0 Å². The molecule has 1 rings (SSSR count). The van der Waals surface area contributed by atoms with E-state index >= 15 is 0 Å². The fourth-order valence-electron chi connectivity index (χ4n) is 7.04. The third kappa shape index (κ3) is 22.9. The third-order valence-corrected chi connectivity index (χ3v) is 11.3. The van der Waals surface area contributed by atoms with Crippen LogP contribution < -0.4 is 0 Å². The highest BCUT2D eigenvalue weighted by Crippen LogP contribution is 2.35. The summed E-state index contributed by atoms with van der Waals surface area (Å²) in [6.07, 6.45) is 42.9. The molecule has 1 N–H and O–H groups in total. The Morgan fingerprint density at radius 2 is 0.739 bits per heavy atom. The molecule has 1 aromatic carbocycles. The molecule has 0 aliphatic rings. The van der Waals surface area contributed by atoms with E-state index in [1.54, 1.807) is 5.56 Å². The Bertz CT molecular complexity index is 787. The van der Waals surface area contributed by atoms with E-state index in [1.165, 1.54) is 215 Å². The summed E-state index contributed by atoms with van der Waals surface area (Å²) < 4.78 is 0. The predicted octanol–water partition coefficient (Wildman–Crippen LogP) is 15.6. The maximum atomic E-state index is 11.8. The van der Waals surface area contributed by atoms with Gasteiger partial charge in [-0.2, -0.15) is 11.8 Å². The van der Waals surface area contributed by atoms with Gasteiger partial charge in [0, 0.05) is 5.75 Å². The summed E-state index contributed by atoms with van der Waals surface area (Å²) in [6.45, 7) is 9.22. The maximum absolute atomic E-state index is 11.8. The van der Waals surface area contributed by atoms with Gasteiger partial charge in [0.2, 0.25) is 0 Å². The van der Waals surface area contributed by atoms with Crippen molar-refractivity contribution in [3.05, 3.63) is 28.3 Å². The van der Waals surface area contributed by atoms with Crippen LogP contribution in [0.3, 0.4) is 0 Å². The Kier molecular flexibility index (Phi) is 31.0. The quantitative estimate of drug-likeness (QED) is 0.0732. The molecule has 0 fully saturated rings. The Morgan fingerprint density at radius 1 is 0.391 bits per heavy atom. The van der Waals surface area contributed by atoms with Crippen molar-refractivity contribution in [1.82, 2.24) is 0 Å². The zero-order valence-corrected chi connectivity index (χ0v) is 32.8. The molecule has 0 bridgehead atoms. The van der Waals surface area contributed by atoms with Crippen molar-refractivity contribution in [3.63, 3.8) is 0 Å². The second-order valence-electron chi connectivity index (χ2n) is 14.6. The summed E-state index contributed by atoms with van der Waals surface area (Å²) in [5, 5.41) is 11.8. The standard InChI is InChI=1S/C44H82OS/c1-5-9-13-16-19-21-23-26-29-32-35-41-38-40(34-31-28-25-18-15-11-7-3)43(39-46-37-12-8-4)42(44(41)45)36-33-30-27-24-22-20-17-14-10-6-2/h38,45H,5-37,39H2,1-4H3. The van der Waals surface area contributed by atoms with E-state index in [1.807, 2.05) is 0 Å². The lowest BCUT2D eigenvalue weighted by atomic mass is 9.89. The molecule has 0 aromatic heterocycles. The highest BCUT2D eigenvalue weighted by atomic mass is 32.2. The van der Waals surface area contributed by atoms with Crippen LogP contribution >= 0.6 is 11.8 Å². The van der Waals surface area contributed by atoms with Crippen molar-refractivity contribution >= 4 is 11.8 Å². The summed E-state index contributed by atoms with van der Waals surface area (Å²) in [5.74, 6) is 3.01. The molecule has 0 saturated carbocycles. The Balaban J connectivity index is 2.84. The monoisotopic (exact) mass is 659 g/mol. The maximum Gasteiger partial charge on any atom is 0.122 e. The van der Waals surface area contributed by atoms with Crippen LogP contribution in [0, 0.1) is 0 Å². The predicted molar refractivity (Wildman–Crippen MR) is 212 cm³/mol. The van der Waals surface area contributed by atoms with Crippen molar-refractivity contribution in [2.75, 3.05) is 5.75 Å². The molecule has 2 heteroatoms. The van der Waals surface area contributed by atoms with Gasteiger partial charge in [-0.25, -0.2) is 0 Å². The van der Waals surface area contributed by atoms with Crippen LogP contribution in [-0.2, 0) is 25.0 Å². The molecule has 0 saturated heterocycles. The van der Waals surface area contributed by atoms with Crippen LogP contribution in [0.1, 0.15) is 236 Å². The van der Waals surface area contributed by atoms with Gasteiger partial charge in [-0.3, -0.25) is 0 Å². The number of hydrogen-bond acceptors (Lipinski definition) is 2.